The minimum Gasteiger partial charge on any atom is -0.0984 e. The van der Waals surface area contributed by atoms with Crippen LogP contribution in [0.4, 0.5) is 0 Å². The second-order valence-electron chi connectivity index (χ2n) is 8.12. The Morgan fingerprint density at radius 1 is 0.606 bits per heavy atom. The van der Waals surface area contributed by atoms with Crippen LogP contribution in [0.5, 0.6) is 0 Å². The molecule has 0 unspecified atom stereocenters. The van der Waals surface area contributed by atoms with Crippen LogP contribution in [0.2, 0.25) is 0 Å². The van der Waals surface area contributed by atoms with Crippen molar-refractivity contribution in [3.63, 3.8) is 0 Å². The summed E-state index contributed by atoms with van der Waals surface area (Å²) in [6.07, 6.45) is 14.4. The molecule has 1 aliphatic rings. The molecular formula is C30H30S3. The molecule has 168 valence electrons. The van der Waals surface area contributed by atoms with Crippen molar-refractivity contribution in [1.82, 2.24) is 0 Å². The Morgan fingerprint density at radius 3 is 1.64 bits per heavy atom. The normalized spacial score (nSPS) is 14.8. The van der Waals surface area contributed by atoms with Gasteiger partial charge in [0.05, 0.1) is 0 Å². The molecule has 33 heavy (non-hydrogen) atoms. The first-order chi connectivity index (χ1) is 16.3. The minimum atomic E-state index is 0.790. The summed E-state index contributed by atoms with van der Waals surface area (Å²) in [6, 6.07) is 26.4. The molecule has 1 fully saturated rings. The van der Waals surface area contributed by atoms with Crippen LogP contribution in [-0.2, 0) is 0 Å². The van der Waals surface area contributed by atoms with Gasteiger partial charge in [0, 0.05) is 19.6 Å². The molecule has 1 saturated carbocycles. The standard InChI is InChI=1S/C30H30S3/c1-2-22-31-27-13-17-29(18-14-27)33-30-19-15-28(16-20-30)32-23-21-26-11-9-25(10-12-26)8-7-24-5-3-4-6-24/h2,7-24H,3-6H2,1H3/b8-7+,22-2?,23-21?. The van der Waals surface area contributed by atoms with Gasteiger partial charge in [-0.25, -0.2) is 0 Å². The molecule has 0 spiro atoms. The molecule has 0 atom stereocenters. The number of benzene rings is 3. The Morgan fingerprint density at radius 2 is 1.09 bits per heavy atom. The first kappa shape index (κ1) is 24.1. The first-order valence-electron chi connectivity index (χ1n) is 11.6. The molecule has 0 saturated heterocycles. The Kier molecular flexibility index (Phi) is 9.47. The van der Waals surface area contributed by atoms with Crippen molar-refractivity contribution < 1.29 is 0 Å². The topological polar surface area (TPSA) is 0 Å². The Labute approximate surface area is 211 Å². The first-order valence-corrected chi connectivity index (χ1v) is 14.1. The maximum absolute atomic E-state index is 2.40. The summed E-state index contributed by atoms with van der Waals surface area (Å²) < 4.78 is 0. The van der Waals surface area contributed by atoms with Crippen molar-refractivity contribution in [2.24, 2.45) is 5.92 Å². The number of rotatable bonds is 9. The maximum atomic E-state index is 2.40. The van der Waals surface area contributed by atoms with E-state index in [4.69, 9.17) is 0 Å². The number of thioether (sulfide) groups is 2. The van der Waals surface area contributed by atoms with E-state index in [2.05, 4.69) is 108 Å². The zero-order valence-corrected chi connectivity index (χ0v) is 21.5. The van der Waals surface area contributed by atoms with Crippen molar-refractivity contribution in [2.45, 2.75) is 52.2 Å². The molecule has 0 nitrogen and oxygen atoms in total. The van der Waals surface area contributed by atoms with Crippen LogP contribution in [0.15, 0.2) is 115 Å². The Balaban J connectivity index is 1.25. The van der Waals surface area contributed by atoms with E-state index in [-0.39, 0.29) is 0 Å². The van der Waals surface area contributed by atoms with Gasteiger partial charge in [-0.15, -0.1) is 0 Å². The predicted molar refractivity (Wildman–Crippen MR) is 150 cm³/mol. The maximum Gasteiger partial charge on any atom is 0.0123 e. The molecule has 3 aromatic rings. The zero-order chi connectivity index (χ0) is 22.7. The molecule has 3 aromatic carbocycles. The minimum absolute atomic E-state index is 0.790. The third kappa shape index (κ3) is 8.03. The smallest absolute Gasteiger partial charge is 0.0123 e. The average molecular weight is 487 g/mol. The van der Waals surface area contributed by atoms with Gasteiger partial charge in [0.2, 0.25) is 0 Å². The molecule has 0 bridgehead atoms. The van der Waals surface area contributed by atoms with Crippen LogP contribution < -0.4 is 0 Å². The SMILES string of the molecule is CC=CSc1ccc(Sc2ccc(SC=Cc3ccc(/C=C/C4CCCC4)cc3)cc2)cc1. The van der Waals surface area contributed by atoms with Gasteiger partial charge in [-0.05, 0) is 102 Å². The van der Waals surface area contributed by atoms with Gasteiger partial charge >= 0.3 is 0 Å². The van der Waals surface area contributed by atoms with E-state index in [1.807, 2.05) is 6.92 Å². The van der Waals surface area contributed by atoms with Gasteiger partial charge in [0.1, 0.15) is 0 Å². The summed E-state index contributed by atoms with van der Waals surface area (Å²) in [5, 5.41) is 4.28. The van der Waals surface area contributed by atoms with E-state index in [0.29, 0.717) is 0 Å². The molecule has 1 aliphatic carbocycles. The quantitative estimate of drug-likeness (QED) is 0.276. The fraction of sp³-hybridized carbons (Fsp3) is 0.200. The molecule has 3 heteroatoms. The third-order valence-corrected chi connectivity index (χ3v) is 8.37. The van der Waals surface area contributed by atoms with Gasteiger partial charge in [0.25, 0.3) is 0 Å². The highest BCUT2D eigenvalue weighted by atomic mass is 32.2. The van der Waals surface area contributed by atoms with Gasteiger partial charge < -0.3 is 0 Å². The van der Waals surface area contributed by atoms with E-state index >= 15 is 0 Å². The second kappa shape index (κ2) is 13.0. The van der Waals surface area contributed by atoms with Crippen LogP contribution in [0.3, 0.4) is 0 Å². The third-order valence-electron chi connectivity index (χ3n) is 5.59. The van der Waals surface area contributed by atoms with Crippen LogP contribution in [-0.4, -0.2) is 0 Å². The van der Waals surface area contributed by atoms with Crippen molar-refractivity contribution >= 4 is 47.4 Å². The van der Waals surface area contributed by atoms with E-state index in [1.165, 1.54) is 56.4 Å². The van der Waals surface area contributed by atoms with Crippen molar-refractivity contribution in [2.75, 3.05) is 0 Å². The zero-order valence-electron chi connectivity index (χ0n) is 19.0. The number of hydrogen-bond acceptors (Lipinski definition) is 3. The van der Waals surface area contributed by atoms with Crippen LogP contribution >= 0.6 is 35.3 Å². The summed E-state index contributed by atoms with van der Waals surface area (Å²) in [6.45, 7) is 2.04. The molecule has 0 aromatic heterocycles. The second-order valence-corrected chi connectivity index (χ2v) is 11.2. The highest BCUT2D eigenvalue weighted by Gasteiger charge is 2.10. The van der Waals surface area contributed by atoms with Crippen molar-refractivity contribution in [1.29, 1.82) is 0 Å². The van der Waals surface area contributed by atoms with Crippen LogP contribution in [0.1, 0.15) is 43.7 Å². The lowest BCUT2D eigenvalue weighted by atomic mass is 10.1. The molecule has 0 radical (unpaired) electrons. The van der Waals surface area contributed by atoms with E-state index in [1.54, 1.807) is 35.3 Å². The summed E-state index contributed by atoms with van der Waals surface area (Å²) in [5.74, 6) is 0.790. The molecule has 0 amide bonds. The monoisotopic (exact) mass is 486 g/mol. The molecule has 4 rings (SSSR count). The lowest BCUT2D eigenvalue weighted by molar-refractivity contribution is 0.689. The lowest BCUT2D eigenvalue weighted by Gasteiger charge is -2.04. The van der Waals surface area contributed by atoms with E-state index < -0.39 is 0 Å². The summed E-state index contributed by atoms with van der Waals surface area (Å²) in [5.41, 5.74) is 2.54. The fourth-order valence-corrected chi connectivity index (χ4v) is 5.84. The molecule has 0 N–H and O–H groups in total. The lowest BCUT2D eigenvalue weighted by Crippen LogP contribution is -1.85. The fourth-order valence-electron chi connectivity index (χ4n) is 3.76. The van der Waals surface area contributed by atoms with Gasteiger partial charge in [-0.1, -0.05) is 90.6 Å². The predicted octanol–water partition coefficient (Wildman–Crippen LogP) is 10.4. The average Bonchev–Trinajstić information content (AvgIpc) is 3.38. The molecular weight excluding hydrogens is 457 g/mol. The summed E-state index contributed by atoms with van der Waals surface area (Å²) in [7, 11) is 0. The number of allylic oxidation sites excluding steroid dienone is 2. The largest absolute Gasteiger partial charge is 0.0984 e. The molecule has 0 aliphatic heterocycles. The van der Waals surface area contributed by atoms with E-state index in [9.17, 15) is 0 Å². The highest BCUT2D eigenvalue weighted by molar-refractivity contribution is 8.02. The summed E-state index contributed by atoms with van der Waals surface area (Å²) >= 11 is 5.31. The Bertz CT molecular complexity index is 1070. The Hall–Kier alpha value is -2.07. The number of hydrogen-bond donors (Lipinski definition) is 0. The van der Waals surface area contributed by atoms with Crippen LogP contribution in [0.25, 0.3) is 12.2 Å². The van der Waals surface area contributed by atoms with Gasteiger partial charge in [-0.2, -0.15) is 0 Å². The highest BCUT2D eigenvalue weighted by Crippen LogP contribution is 2.32. The van der Waals surface area contributed by atoms with Crippen molar-refractivity contribution in [3.05, 3.63) is 107 Å². The van der Waals surface area contributed by atoms with Crippen molar-refractivity contribution in [3.8, 4) is 0 Å². The van der Waals surface area contributed by atoms with Crippen LogP contribution in [0, 0.1) is 5.92 Å². The van der Waals surface area contributed by atoms with Gasteiger partial charge in [-0.3, -0.25) is 0 Å². The van der Waals surface area contributed by atoms with Gasteiger partial charge in [0.15, 0.2) is 0 Å². The van der Waals surface area contributed by atoms with E-state index in [0.717, 1.165) is 5.92 Å². The summed E-state index contributed by atoms with van der Waals surface area (Å²) in [4.78, 5) is 5.05. The molecule has 0 heterocycles.